The van der Waals surface area contributed by atoms with Crippen LogP contribution in [0.25, 0.3) is 0 Å². The quantitative estimate of drug-likeness (QED) is 0.0716. The van der Waals surface area contributed by atoms with Gasteiger partial charge in [-0.15, -0.1) is 0 Å². The second kappa shape index (κ2) is 111. The lowest BCUT2D eigenvalue weighted by Gasteiger charge is -1.95. The van der Waals surface area contributed by atoms with Crippen molar-refractivity contribution in [1.82, 2.24) is 0 Å². The topological polar surface area (TPSA) is 20.2 Å². The largest absolute Gasteiger partial charge is 0.396 e. The van der Waals surface area contributed by atoms with Crippen LogP contribution in [0.15, 0.2) is 0 Å². The van der Waals surface area contributed by atoms with E-state index in [1.807, 2.05) is 0 Å². The van der Waals surface area contributed by atoms with Gasteiger partial charge in [0.05, 0.1) is 0 Å². The molecule has 1 nitrogen and oxygen atoms in total. The molecule has 0 aliphatic carbocycles. The van der Waals surface area contributed by atoms with Crippen LogP contribution in [-0.2, 0) is 0 Å². The summed E-state index contributed by atoms with van der Waals surface area (Å²) in [6, 6.07) is 0. The highest BCUT2D eigenvalue weighted by atomic mass is 16.2. The molecular weight excluding hydrogens is 689 g/mol. The van der Waals surface area contributed by atoms with Crippen molar-refractivity contribution in [2.24, 2.45) is 0 Å². The molecule has 0 rings (SSSR count). The van der Waals surface area contributed by atoms with Crippen molar-refractivity contribution in [3.8, 4) is 0 Å². The molecule has 0 amide bonds. The normalized spacial score (nSPS) is 9.16. The molecule has 360 valence electrons. The average molecular weight is 820 g/mol. The fourth-order valence-corrected chi connectivity index (χ4v) is 4.89. The third-order valence-corrected chi connectivity index (χ3v) is 9.17. The minimum Gasteiger partial charge on any atom is -0.396 e. The van der Waals surface area contributed by atoms with Crippen molar-refractivity contribution < 1.29 is 5.11 Å². The molecule has 0 aromatic carbocycles. The van der Waals surface area contributed by atoms with E-state index in [0.29, 0.717) is 6.61 Å². The van der Waals surface area contributed by atoms with Crippen molar-refractivity contribution in [2.75, 3.05) is 6.61 Å². The highest BCUT2D eigenvalue weighted by Gasteiger charge is 1.86. The number of hydrogen-bond donors (Lipinski definition) is 1. The third-order valence-electron chi connectivity index (χ3n) is 9.17. The zero-order valence-electron chi connectivity index (χ0n) is 45.0. The molecule has 0 bridgehead atoms. The minimum atomic E-state index is 0.367. The summed E-state index contributed by atoms with van der Waals surface area (Å²) >= 11 is 0. The first kappa shape index (κ1) is 77.5. The smallest absolute Gasteiger partial charge is 0.0431 e. The van der Waals surface area contributed by atoms with E-state index in [1.54, 1.807) is 0 Å². The van der Waals surface area contributed by atoms with Crippen LogP contribution in [0.1, 0.15) is 362 Å². The van der Waals surface area contributed by atoms with Gasteiger partial charge in [-0.2, -0.15) is 0 Å². The summed E-state index contributed by atoms with van der Waals surface area (Å²) in [5.41, 5.74) is 0. The van der Waals surface area contributed by atoms with Gasteiger partial charge in [-0.05, 0) is 6.42 Å². The molecule has 0 unspecified atom stereocenters. The number of aliphatic hydroxyl groups is 1. The maximum Gasteiger partial charge on any atom is 0.0431 e. The molecule has 0 fully saturated rings. The first-order valence-corrected chi connectivity index (χ1v) is 27.3. The van der Waals surface area contributed by atoms with E-state index >= 15 is 0 Å². The predicted molar refractivity (Wildman–Crippen MR) is 279 cm³/mol. The van der Waals surface area contributed by atoms with Crippen LogP contribution < -0.4 is 0 Å². The maximum atomic E-state index is 8.42. The second-order valence-corrected chi connectivity index (χ2v) is 16.1. The van der Waals surface area contributed by atoms with E-state index in [4.69, 9.17) is 5.11 Å². The Morgan fingerprint density at radius 3 is 0.333 bits per heavy atom. The van der Waals surface area contributed by atoms with Crippen LogP contribution in [-0.4, -0.2) is 11.7 Å². The van der Waals surface area contributed by atoms with Crippen molar-refractivity contribution in [1.29, 1.82) is 0 Å². The number of hydrogen-bond acceptors (Lipinski definition) is 1. The van der Waals surface area contributed by atoms with Crippen molar-refractivity contribution in [2.45, 2.75) is 362 Å². The zero-order chi connectivity index (χ0) is 45.6. The molecular formula is C56H130O. The Morgan fingerprint density at radius 1 is 0.140 bits per heavy atom. The van der Waals surface area contributed by atoms with Crippen LogP contribution in [0.3, 0.4) is 0 Å². The Morgan fingerprint density at radius 2 is 0.228 bits per heavy atom. The highest BCUT2D eigenvalue weighted by Crippen LogP contribution is 2.04. The summed E-state index contributed by atoms with van der Waals surface area (Å²) in [7, 11) is 0. The Labute approximate surface area is 372 Å². The molecule has 0 heterocycles. The molecule has 1 heteroatoms. The van der Waals surface area contributed by atoms with Gasteiger partial charge in [0, 0.05) is 6.61 Å². The van der Waals surface area contributed by atoms with E-state index in [9.17, 15) is 0 Å². The van der Waals surface area contributed by atoms with E-state index in [2.05, 4.69) is 118 Å². The molecule has 57 heavy (non-hydrogen) atoms. The molecule has 0 aromatic heterocycles. The van der Waals surface area contributed by atoms with E-state index in [0.717, 1.165) is 6.42 Å². The lowest BCUT2D eigenvalue weighted by Crippen LogP contribution is -1.82. The fourth-order valence-electron chi connectivity index (χ4n) is 4.89. The van der Waals surface area contributed by atoms with Crippen LogP contribution >= 0.6 is 0 Å². The molecule has 0 saturated carbocycles. The van der Waals surface area contributed by atoms with Crippen LogP contribution in [0.4, 0.5) is 0 Å². The van der Waals surface area contributed by atoms with E-state index < -0.39 is 0 Å². The van der Waals surface area contributed by atoms with Gasteiger partial charge in [0.2, 0.25) is 0 Å². The summed E-state index contributed by atoms with van der Waals surface area (Å²) in [5, 5.41) is 8.42. The first-order valence-electron chi connectivity index (χ1n) is 27.3. The summed E-state index contributed by atoms with van der Waals surface area (Å²) in [6.07, 6.45) is 51.8. The predicted octanol–water partition coefficient (Wildman–Crippen LogP) is 23.0. The highest BCUT2D eigenvalue weighted by molar-refractivity contribution is 4.42. The van der Waals surface area contributed by atoms with Crippen molar-refractivity contribution in [3.05, 3.63) is 0 Å². The minimum absolute atomic E-state index is 0.367. The summed E-state index contributed by atoms with van der Waals surface area (Å²) < 4.78 is 0. The van der Waals surface area contributed by atoms with Gasteiger partial charge in [0.15, 0.2) is 0 Å². The van der Waals surface area contributed by atoms with Gasteiger partial charge in [0.25, 0.3) is 0 Å². The standard InChI is InChI=1S/C8H18O.8C6H14/c1-2-3-4-5-6-7-8-9;8*1-3-5-6-4-2/h9H,2-8H2,1H3;8*3-6H2,1-2H3. The molecule has 0 saturated heterocycles. The molecule has 0 atom stereocenters. The van der Waals surface area contributed by atoms with Gasteiger partial charge >= 0.3 is 0 Å². The van der Waals surface area contributed by atoms with Crippen molar-refractivity contribution in [3.63, 3.8) is 0 Å². The average Bonchev–Trinajstić information content (AvgIpc) is 3.24. The Kier molecular flexibility index (Phi) is 152. The van der Waals surface area contributed by atoms with Crippen molar-refractivity contribution >= 4 is 0 Å². The third kappa shape index (κ3) is 182. The molecule has 0 aliphatic heterocycles. The zero-order valence-corrected chi connectivity index (χ0v) is 45.0. The Hall–Kier alpha value is -0.0400. The number of unbranched alkanes of at least 4 members (excludes halogenated alkanes) is 29. The van der Waals surface area contributed by atoms with Gasteiger partial charge in [-0.1, -0.05) is 355 Å². The number of aliphatic hydroxyl groups excluding tert-OH is 1. The van der Waals surface area contributed by atoms with Gasteiger partial charge in [0.1, 0.15) is 0 Å². The fraction of sp³-hybridized carbons (Fsp3) is 1.00. The van der Waals surface area contributed by atoms with E-state index in [-0.39, 0.29) is 0 Å². The molecule has 0 aromatic rings. The Balaban J connectivity index is -0.0000000652. The molecule has 0 spiro atoms. The SMILES string of the molecule is CCCCCC.CCCCCC.CCCCCC.CCCCCC.CCCCCC.CCCCCC.CCCCCC.CCCCCC.CCCCCCCCO. The second-order valence-electron chi connectivity index (χ2n) is 16.1. The first-order chi connectivity index (χ1) is 27.7. The summed E-state index contributed by atoms with van der Waals surface area (Å²) in [6.45, 7) is 38.3. The monoisotopic (exact) mass is 819 g/mol. The number of rotatable bonds is 30. The van der Waals surface area contributed by atoms with Gasteiger partial charge in [-0.25, -0.2) is 0 Å². The molecule has 0 aliphatic rings. The van der Waals surface area contributed by atoms with E-state index in [1.165, 1.54) is 238 Å². The summed E-state index contributed by atoms with van der Waals surface area (Å²) in [5.74, 6) is 0. The van der Waals surface area contributed by atoms with Gasteiger partial charge < -0.3 is 5.11 Å². The van der Waals surface area contributed by atoms with Gasteiger partial charge in [-0.3, -0.25) is 0 Å². The van der Waals surface area contributed by atoms with Crippen LogP contribution in [0, 0.1) is 0 Å². The lowest BCUT2D eigenvalue weighted by atomic mass is 10.1. The Bertz CT molecular complexity index is 286. The van der Waals surface area contributed by atoms with Crippen LogP contribution in [0.5, 0.6) is 0 Å². The molecule has 0 radical (unpaired) electrons. The van der Waals surface area contributed by atoms with Crippen LogP contribution in [0.2, 0.25) is 0 Å². The summed E-state index contributed by atoms with van der Waals surface area (Å²) in [4.78, 5) is 0. The molecule has 1 N–H and O–H groups in total. The maximum absolute atomic E-state index is 8.42. The lowest BCUT2D eigenvalue weighted by molar-refractivity contribution is 0.282.